The van der Waals surface area contributed by atoms with Crippen molar-refractivity contribution in [2.24, 2.45) is 0 Å². The highest BCUT2D eigenvalue weighted by Crippen LogP contribution is 2.15. The van der Waals surface area contributed by atoms with Gasteiger partial charge in [0.1, 0.15) is 5.70 Å². The Morgan fingerprint density at radius 1 is 0.778 bits per heavy atom. The number of carbonyl (C=O) groups is 2. The minimum atomic E-state index is -0.426. The fourth-order valence-corrected chi connectivity index (χ4v) is 2.52. The summed E-state index contributed by atoms with van der Waals surface area (Å²) in [5.41, 5.74) is 1.99. The maximum absolute atomic E-state index is 12.7. The van der Waals surface area contributed by atoms with E-state index in [0.717, 1.165) is 5.56 Å². The van der Waals surface area contributed by atoms with E-state index in [1.54, 1.807) is 54.6 Å². The highest BCUT2D eigenvalue weighted by Gasteiger charge is 2.15. The van der Waals surface area contributed by atoms with Crippen molar-refractivity contribution in [1.82, 2.24) is 5.32 Å². The molecule has 27 heavy (non-hydrogen) atoms. The van der Waals surface area contributed by atoms with E-state index in [-0.39, 0.29) is 11.6 Å². The molecule has 134 valence electrons. The van der Waals surface area contributed by atoms with Gasteiger partial charge in [-0.15, -0.1) is 0 Å². The minimum Gasteiger partial charge on any atom is -0.321 e. The van der Waals surface area contributed by atoms with Crippen LogP contribution in [-0.4, -0.2) is 11.8 Å². The molecule has 0 bridgehead atoms. The van der Waals surface area contributed by atoms with E-state index >= 15 is 0 Å². The molecule has 0 saturated carbocycles. The number of rotatable bonds is 5. The van der Waals surface area contributed by atoms with E-state index in [1.807, 2.05) is 36.4 Å². The summed E-state index contributed by atoms with van der Waals surface area (Å²) in [5, 5.41) is 6.04. The van der Waals surface area contributed by atoms with E-state index < -0.39 is 5.91 Å². The van der Waals surface area contributed by atoms with E-state index in [1.165, 1.54) is 0 Å². The molecule has 5 heteroatoms. The molecule has 0 saturated heterocycles. The molecule has 3 aromatic carbocycles. The number of halogens is 1. The lowest BCUT2D eigenvalue weighted by molar-refractivity contribution is -0.113. The fourth-order valence-electron chi connectivity index (χ4n) is 2.39. The molecule has 0 atom stereocenters. The van der Waals surface area contributed by atoms with Crippen molar-refractivity contribution in [3.63, 3.8) is 0 Å². The van der Waals surface area contributed by atoms with Gasteiger partial charge in [0.05, 0.1) is 0 Å². The molecule has 0 aliphatic rings. The van der Waals surface area contributed by atoms with Crippen molar-refractivity contribution >= 4 is 35.2 Å². The molecule has 0 aliphatic heterocycles. The molecule has 4 nitrogen and oxygen atoms in total. The van der Waals surface area contributed by atoms with Crippen LogP contribution in [0, 0.1) is 0 Å². The summed E-state index contributed by atoms with van der Waals surface area (Å²) >= 11 is 5.87. The van der Waals surface area contributed by atoms with Gasteiger partial charge in [-0.05, 0) is 48.0 Å². The molecule has 2 N–H and O–H groups in total. The van der Waals surface area contributed by atoms with Crippen LogP contribution in [0.5, 0.6) is 0 Å². The van der Waals surface area contributed by atoms with Crippen molar-refractivity contribution < 1.29 is 9.59 Å². The predicted molar refractivity (Wildman–Crippen MR) is 108 cm³/mol. The second-order valence-electron chi connectivity index (χ2n) is 5.75. The van der Waals surface area contributed by atoms with Crippen LogP contribution in [0.2, 0.25) is 5.02 Å². The van der Waals surface area contributed by atoms with E-state index in [0.29, 0.717) is 16.3 Å². The highest BCUT2D eigenvalue weighted by molar-refractivity contribution is 6.30. The van der Waals surface area contributed by atoms with Gasteiger partial charge in [0.25, 0.3) is 11.8 Å². The maximum Gasteiger partial charge on any atom is 0.272 e. The normalized spacial score (nSPS) is 10.9. The Morgan fingerprint density at radius 2 is 1.37 bits per heavy atom. The zero-order chi connectivity index (χ0) is 19.1. The number of nitrogens with one attached hydrogen (secondary N) is 2. The van der Waals surface area contributed by atoms with E-state index in [2.05, 4.69) is 10.6 Å². The fraction of sp³-hybridized carbons (Fsp3) is 0. The molecular formula is C22H17ClN2O2. The zero-order valence-corrected chi connectivity index (χ0v) is 15.1. The molecule has 0 radical (unpaired) electrons. The van der Waals surface area contributed by atoms with Crippen molar-refractivity contribution in [1.29, 1.82) is 0 Å². The smallest absolute Gasteiger partial charge is 0.272 e. The van der Waals surface area contributed by atoms with Crippen LogP contribution < -0.4 is 10.6 Å². The monoisotopic (exact) mass is 376 g/mol. The van der Waals surface area contributed by atoms with Gasteiger partial charge >= 0.3 is 0 Å². The molecule has 3 rings (SSSR count). The molecule has 0 fully saturated rings. The van der Waals surface area contributed by atoms with Crippen LogP contribution in [-0.2, 0) is 4.79 Å². The summed E-state index contributed by atoms with van der Waals surface area (Å²) in [6.07, 6.45) is 1.63. The lowest BCUT2D eigenvalue weighted by Gasteiger charge is -2.11. The van der Waals surface area contributed by atoms with E-state index in [9.17, 15) is 9.59 Å². The standard InChI is InChI=1S/C22H17ClN2O2/c23-18-11-13-19(14-12-18)24-22(27)20(15-16-7-3-1-4-8-16)25-21(26)17-9-5-2-6-10-17/h1-15H,(H,24,27)(H,25,26)/b20-15+. The zero-order valence-electron chi connectivity index (χ0n) is 14.4. The van der Waals surface area contributed by atoms with Gasteiger partial charge in [-0.3, -0.25) is 9.59 Å². The number of amides is 2. The molecule has 0 spiro atoms. The Morgan fingerprint density at radius 3 is 2.00 bits per heavy atom. The summed E-state index contributed by atoms with van der Waals surface area (Å²) in [4.78, 5) is 25.2. The van der Waals surface area contributed by atoms with Crippen molar-refractivity contribution in [3.05, 3.63) is 107 Å². The van der Waals surface area contributed by atoms with E-state index in [4.69, 9.17) is 11.6 Å². The summed E-state index contributed by atoms with van der Waals surface area (Å²) in [5.74, 6) is -0.783. The Hall–Kier alpha value is -3.37. The van der Waals surface area contributed by atoms with Crippen LogP contribution in [0.4, 0.5) is 5.69 Å². The molecular weight excluding hydrogens is 360 g/mol. The van der Waals surface area contributed by atoms with Crippen LogP contribution >= 0.6 is 11.6 Å². The van der Waals surface area contributed by atoms with Crippen molar-refractivity contribution in [2.75, 3.05) is 5.32 Å². The summed E-state index contributed by atoms with van der Waals surface area (Å²) < 4.78 is 0. The molecule has 2 amide bonds. The number of carbonyl (C=O) groups excluding carboxylic acids is 2. The van der Waals surface area contributed by atoms with Gasteiger partial charge < -0.3 is 10.6 Å². The Bertz CT molecular complexity index is 953. The molecule has 3 aromatic rings. The third-order valence-electron chi connectivity index (χ3n) is 3.74. The average molecular weight is 377 g/mol. The summed E-state index contributed by atoms with van der Waals surface area (Å²) in [6.45, 7) is 0. The summed E-state index contributed by atoms with van der Waals surface area (Å²) in [7, 11) is 0. The number of hydrogen-bond acceptors (Lipinski definition) is 2. The van der Waals surface area contributed by atoms with Gasteiger partial charge in [0.2, 0.25) is 0 Å². The first-order valence-electron chi connectivity index (χ1n) is 8.32. The Kier molecular flexibility index (Phi) is 6.02. The molecule has 0 heterocycles. The Labute approximate surface area is 162 Å². The third kappa shape index (κ3) is 5.30. The first kappa shape index (κ1) is 18.4. The van der Waals surface area contributed by atoms with Crippen LogP contribution in [0.3, 0.4) is 0 Å². The molecule has 0 aromatic heterocycles. The van der Waals surface area contributed by atoms with Crippen molar-refractivity contribution in [2.45, 2.75) is 0 Å². The average Bonchev–Trinajstić information content (AvgIpc) is 2.70. The number of benzene rings is 3. The highest BCUT2D eigenvalue weighted by atomic mass is 35.5. The number of anilines is 1. The van der Waals surface area contributed by atoms with Gasteiger partial charge in [0, 0.05) is 16.3 Å². The first-order valence-corrected chi connectivity index (χ1v) is 8.70. The second-order valence-corrected chi connectivity index (χ2v) is 6.19. The first-order chi connectivity index (χ1) is 13.1. The second kappa shape index (κ2) is 8.83. The predicted octanol–water partition coefficient (Wildman–Crippen LogP) is 4.75. The SMILES string of the molecule is O=C(Nc1ccc(Cl)cc1)/C(=C\c1ccccc1)NC(=O)c1ccccc1. The Balaban J connectivity index is 1.85. The largest absolute Gasteiger partial charge is 0.321 e. The van der Waals surface area contributed by atoms with Crippen molar-refractivity contribution in [3.8, 4) is 0 Å². The van der Waals surface area contributed by atoms with Gasteiger partial charge in [-0.1, -0.05) is 60.1 Å². The molecule has 0 unspecified atom stereocenters. The van der Waals surface area contributed by atoms with Crippen LogP contribution in [0.25, 0.3) is 6.08 Å². The van der Waals surface area contributed by atoms with Gasteiger partial charge in [-0.2, -0.15) is 0 Å². The van der Waals surface area contributed by atoms with Gasteiger partial charge in [0.15, 0.2) is 0 Å². The topological polar surface area (TPSA) is 58.2 Å². The maximum atomic E-state index is 12.7. The third-order valence-corrected chi connectivity index (χ3v) is 3.99. The minimum absolute atomic E-state index is 0.144. The lowest BCUT2D eigenvalue weighted by atomic mass is 10.1. The van der Waals surface area contributed by atoms with Gasteiger partial charge in [-0.25, -0.2) is 0 Å². The summed E-state index contributed by atoms with van der Waals surface area (Å²) in [6, 6.07) is 24.8. The quantitative estimate of drug-likeness (QED) is 0.631. The van der Waals surface area contributed by atoms with Crippen LogP contribution in [0.15, 0.2) is 90.6 Å². The number of hydrogen-bond donors (Lipinski definition) is 2. The van der Waals surface area contributed by atoms with Crippen LogP contribution in [0.1, 0.15) is 15.9 Å². The lowest BCUT2D eigenvalue weighted by Crippen LogP contribution is -2.30. The molecule has 0 aliphatic carbocycles.